The van der Waals surface area contributed by atoms with Crippen LogP contribution in [-0.4, -0.2) is 17.1 Å². The van der Waals surface area contributed by atoms with E-state index in [4.69, 9.17) is 0 Å². The largest absolute Gasteiger partial charge is 0.301 e. The first kappa shape index (κ1) is 13.4. The topological polar surface area (TPSA) is 41.5 Å². The lowest BCUT2D eigenvalue weighted by atomic mass is 10.3. The lowest BCUT2D eigenvalue weighted by molar-refractivity contribution is -0.115. The van der Waals surface area contributed by atoms with Gasteiger partial charge in [0, 0.05) is 14.7 Å². The minimum atomic E-state index is -0.0359. The van der Waals surface area contributed by atoms with Crippen LogP contribution in [0.15, 0.2) is 25.8 Å². The molecule has 1 aromatic heterocycles. The van der Waals surface area contributed by atoms with Crippen LogP contribution in [0.4, 0.5) is 0 Å². The molecule has 100 valence electrons. The van der Waals surface area contributed by atoms with Crippen molar-refractivity contribution in [2.75, 3.05) is 0 Å². The van der Waals surface area contributed by atoms with Crippen molar-refractivity contribution < 1.29 is 4.79 Å². The van der Waals surface area contributed by atoms with Gasteiger partial charge < -0.3 is 5.32 Å². The summed E-state index contributed by atoms with van der Waals surface area (Å²) in [6, 6.07) is 2.41. The van der Waals surface area contributed by atoms with Crippen LogP contribution in [0.5, 0.6) is 0 Å². The van der Waals surface area contributed by atoms with Gasteiger partial charge in [-0.15, -0.1) is 11.3 Å². The maximum Gasteiger partial charge on any atom is 0.264 e. The van der Waals surface area contributed by atoms with E-state index in [1.807, 2.05) is 17.5 Å². The third-order valence-corrected chi connectivity index (χ3v) is 5.70. The number of nitrogens with one attached hydrogen (secondary N) is 1. The van der Waals surface area contributed by atoms with Gasteiger partial charge in [-0.05, 0) is 52.7 Å². The maximum absolute atomic E-state index is 11.9. The summed E-state index contributed by atoms with van der Waals surface area (Å²) in [6.07, 6.45) is 6.73. The highest BCUT2D eigenvalue weighted by molar-refractivity contribution is 9.10. The normalized spacial score (nSPS) is 24.6. The Morgan fingerprint density at radius 3 is 2.89 bits per heavy atom. The van der Waals surface area contributed by atoms with E-state index >= 15 is 0 Å². The highest BCUT2D eigenvalue weighted by Gasteiger charge is 2.25. The van der Waals surface area contributed by atoms with Gasteiger partial charge in [-0.2, -0.15) is 0 Å². The molecule has 1 aromatic rings. The molecule has 0 radical (unpaired) electrons. The number of amidine groups is 1. The van der Waals surface area contributed by atoms with Crippen LogP contribution in [0.2, 0.25) is 0 Å². The number of carbonyl (C=O) groups is 1. The molecule has 1 amide bonds. The Morgan fingerprint density at radius 1 is 1.42 bits per heavy atom. The molecular weight excluding hydrogens is 344 g/mol. The SMILES string of the molecule is O=C1NC(=NC2CCCC2)S/C1=C\c1cc(Br)cs1. The molecule has 1 aliphatic carbocycles. The molecule has 1 saturated carbocycles. The lowest BCUT2D eigenvalue weighted by Gasteiger charge is -2.02. The van der Waals surface area contributed by atoms with Crippen LogP contribution in [0.25, 0.3) is 6.08 Å². The quantitative estimate of drug-likeness (QED) is 0.813. The number of thiophene rings is 1. The van der Waals surface area contributed by atoms with Crippen LogP contribution < -0.4 is 5.32 Å². The Hall–Kier alpha value is -0.590. The summed E-state index contributed by atoms with van der Waals surface area (Å²) in [6.45, 7) is 0. The summed E-state index contributed by atoms with van der Waals surface area (Å²) in [4.78, 5) is 18.3. The summed E-state index contributed by atoms with van der Waals surface area (Å²) < 4.78 is 1.05. The van der Waals surface area contributed by atoms with Crippen molar-refractivity contribution in [3.05, 3.63) is 25.7 Å². The molecule has 2 heterocycles. The second-order valence-electron chi connectivity index (χ2n) is 4.60. The number of amides is 1. The Morgan fingerprint density at radius 2 is 2.21 bits per heavy atom. The minimum Gasteiger partial charge on any atom is -0.301 e. The molecule has 1 N–H and O–H groups in total. The molecule has 0 bridgehead atoms. The van der Waals surface area contributed by atoms with Crippen LogP contribution in [0.3, 0.4) is 0 Å². The maximum atomic E-state index is 11.9. The molecule has 1 saturated heterocycles. The van der Waals surface area contributed by atoms with Crippen molar-refractivity contribution in [2.45, 2.75) is 31.7 Å². The second kappa shape index (κ2) is 5.81. The van der Waals surface area contributed by atoms with Gasteiger partial charge in [0.05, 0.1) is 10.9 Å². The third-order valence-electron chi connectivity index (χ3n) is 3.14. The molecule has 6 heteroatoms. The van der Waals surface area contributed by atoms with Gasteiger partial charge in [0.15, 0.2) is 5.17 Å². The Labute approximate surface area is 128 Å². The number of carbonyl (C=O) groups excluding carboxylic acids is 1. The molecule has 2 aliphatic rings. The van der Waals surface area contributed by atoms with E-state index in [1.54, 1.807) is 11.3 Å². The fourth-order valence-electron chi connectivity index (χ4n) is 2.22. The molecule has 3 rings (SSSR count). The Bertz CT molecular complexity index is 559. The van der Waals surface area contributed by atoms with Crippen LogP contribution in [-0.2, 0) is 4.79 Å². The summed E-state index contributed by atoms with van der Waals surface area (Å²) in [5, 5.41) is 5.63. The number of hydrogen-bond donors (Lipinski definition) is 1. The zero-order valence-electron chi connectivity index (χ0n) is 10.2. The smallest absolute Gasteiger partial charge is 0.264 e. The monoisotopic (exact) mass is 356 g/mol. The molecule has 0 unspecified atom stereocenters. The number of aliphatic imine (C=N–C) groups is 1. The van der Waals surface area contributed by atoms with Gasteiger partial charge in [-0.3, -0.25) is 9.79 Å². The van der Waals surface area contributed by atoms with Gasteiger partial charge in [-0.1, -0.05) is 12.8 Å². The highest BCUT2D eigenvalue weighted by atomic mass is 79.9. The van der Waals surface area contributed by atoms with Gasteiger partial charge in [0.1, 0.15) is 0 Å². The number of nitrogens with zero attached hydrogens (tertiary/aromatic N) is 1. The number of hydrogen-bond acceptors (Lipinski definition) is 4. The third kappa shape index (κ3) is 3.30. The average molecular weight is 357 g/mol. The number of rotatable bonds is 2. The van der Waals surface area contributed by atoms with Crippen molar-refractivity contribution >= 4 is 56.2 Å². The molecule has 0 aromatic carbocycles. The molecule has 0 spiro atoms. The van der Waals surface area contributed by atoms with Crippen molar-refractivity contribution in [1.29, 1.82) is 0 Å². The molecule has 3 nitrogen and oxygen atoms in total. The van der Waals surface area contributed by atoms with E-state index in [1.165, 1.54) is 24.6 Å². The molecule has 0 atom stereocenters. The highest BCUT2D eigenvalue weighted by Crippen LogP contribution is 2.30. The zero-order valence-corrected chi connectivity index (χ0v) is 13.4. The van der Waals surface area contributed by atoms with E-state index in [-0.39, 0.29) is 5.91 Å². The van der Waals surface area contributed by atoms with Gasteiger partial charge in [0.2, 0.25) is 0 Å². The Kier molecular flexibility index (Phi) is 4.10. The lowest BCUT2D eigenvalue weighted by Crippen LogP contribution is -2.21. The summed E-state index contributed by atoms with van der Waals surface area (Å²) >= 11 is 6.48. The van der Waals surface area contributed by atoms with E-state index in [0.717, 1.165) is 32.3 Å². The van der Waals surface area contributed by atoms with E-state index in [2.05, 4.69) is 26.2 Å². The van der Waals surface area contributed by atoms with Crippen molar-refractivity contribution in [1.82, 2.24) is 5.32 Å². The fraction of sp³-hybridized carbons (Fsp3) is 0.385. The first-order valence-electron chi connectivity index (χ1n) is 6.23. The van der Waals surface area contributed by atoms with Gasteiger partial charge >= 0.3 is 0 Å². The summed E-state index contributed by atoms with van der Waals surface area (Å²) in [5.74, 6) is -0.0359. The standard InChI is InChI=1S/C13H13BrN2OS2/c14-8-5-10(18-7-8)6-11-12(17)16-13(19-11)15-9-3-1-2-4-9/h5-7,9H,1-4H2,(H,15,16,17)/b11-6-. The molecule has 2 fully saturated rings. The predicted molar refractivity (Wildman–Crippen MR) is 85.4 cm³/mol. The molecular formula is C13H13BrN2OS2. The van der Waals surface area contributed by atoms with Crippen molar-refractivity contribution in [3.63, 3.8) is 0 Å². The molecule has 1 aliphatic heterocycles. The number of halogens is 1. The number of thioether (sulfide) groups is 1. The first-order valence-corrected chi connectivity index (χ1v) is 8.72. The van der Waals surface area contributed by atoms with Crippen molar-refractivity contribution in [3.8, 4) is 0 Å². The van der Waals surface area contributed by atoms with Crippen LogP contribution in [0.1, 0.15) is 30.6 Å². The Balaban J connectivity index is 1.74. The van der Waals surface area contributed by atoms with Gasteiger partial charge in [0.25, 0.3) is 5.91 Å². The predicted octanol–water partition coefficient (Wildman–Crippen LogP) is 4.01. The van der Waals surface area contributed by atoms with E-state index < -0.39 is 0 Å². The average Bonchev–Trinajstić information content (AvgIpc) is 3.06. The van der Waals surface area contributed by atoms with E-state index in [0.29, 0.717) is 6.04 Å². The van der Waals surface area contributed by atoms with Gasteiger partial charge in [-0.25, -0.2) is 0 Å². The van der Waals surface area contributed by atoms with E-state index in [9.17, 15) is 4.79 Å². The fourth-order valence-corrected chi connectivity index (χ4v) is 4.55. The molecule has 19 heavy (non-hydrogen) atoms. The zero-order chi connectivity index (χ0) is 13.2. The van der Waals surface area contributed by atoms with Crippen LogP contribution >= 0.6 is 39.0 Å². The summed E-state index contributed by atoms with van der Waals surface area (Å²) in [7, 11) is 0. The second-order valence-corrected chi connectivity index (χ2v) is 7.49. The first-order chi connectivity index (χ1) is 9.20. The van der Waals surface area contributed by atoms with Crippen LogP contribution in [0, 0.1) is 0 Å². The summed E-state index contributed by atoms with van der Waals surface area (Å²) in [5.41, 5.74) is 0. The van der Waals surface area contributed by atoms with Crippen molar-refractivity contribution in [2.24, 2.45) is 4.99 Å². The minimum absolute atomic E-state index is 0.0359.